The number of carbonyl (C=O) groups is 5. The number of amides is 1. The topological polar surface area (TPSA) is 249 Å². The third kappa shape index (κ3) is 12.0. The number of piperidine rings is 1. The average molecular weight is 616 g/mol. The van der Waals surface area contributed by atoms with Gasteiger partial charge in [0, 0.05) is 42.3 Å². The van der Waals surface area contributed by atoms with Crippen LogP contribution in [0, 0.1) is 0 Å². The molecule has 7 N–H and O–H groups in total. The number of rotatable bonds is 8. The first-order valence-corrected chi connectivity index (χ1v) is 13.1. The number of carboxylic acid groups (broad SMARTS) is 4. The second-order valence-corrected chi connectivity index (χ2v) is 9.26. The van der Waals surface area contributed by atoms with Gasteiger partial charge in [-0.25, -0.2) is 19.2 Å². The summed E-state index contributed by atoms with van der Waals surface area (Å²) in [7, 11) is 1.63. The SMILES string of the molecule is COc1ccc2nccc([C@@H](O)CN3CCC(NCC(=O)Nc4ccncc4)CC3)c2c1.O=C(O)C(=O)O.O=C(O)C(=O)O. The van der Waals surface area contributed by atoms with E-state index in [0.717, 1.165) is 53.8 Å². The molecule has 3 aromatic rings. The monoisotopic (exact) mass is 615 g/mol. The van der Waals surface area contributed by atoms with Crippen molar-refractivity contribution in [3.8, 4) is 5.75 Å². The van der Waals surface area contributed by atoms with Gasteiger partial charge in [0.05, 0.1) is 25.3 Å². The number of benzene rings is 1. The Morgan fingerprint density at radius 3 is 2.05 bits per heavy atom. The molecule has 0 spiro atoms. The normalized spacial score (nSPS) is 13.7. The van der Waals surface area contributed by atoms with Gasteiger partial charge in [-0.2, -0.15) is 0 Å². The summed E-state index contributed by atoms with van der Waals surface area (Å²) in [4.78, 5) is 59.1. The van der Waals surface area contributed by atoms with Gasteiger partial charge in [0.2, 0.25) is 5.91 Å². The van der Waals surface area contributed by atoms with Gasteiger partial charge in [0.1, 0.15) is 5.75 Å². The number of aliphatic carboxylic acids is 4. The third-order valence-corrected chi connectivity index (χ3v) is 6.24. The smallest absolute Gasteiger partial charge is 0.414 e. The van der Waals surface area contributed by atoms with Crippen LogP contribution in [-0.4, -0.2) is 110 Å². The lowest BCUT2D eigenvalue weighted by Crippen LogP contribution is -2.45. The highest BCUT2D eigenvalue weighted by Crippen LogP contribution is 2.27. The largest absolute Gasteiger partial charge is 0.497 e. The number of fused-ring (bicyclic) bond motifs is 1. The molecule has 0 radical (unpaired) electrons. The number of hydrogen-bond acceptors (Lipinski definition) is 11. The number of nitrogens with zero attached hydrogens (tertiary/aromatic N) is 3. The number of nitrogens with one attached hydrogen (secondary N) is 2. The predicted octanol–water partition coefficient (Wildman–Crippen LogP) is 0.676. The summed E-state index contributed by atoms with van der Waals surface area (Å²) in [5.74, 6) is -6.61. The van der Waals surface area contributed by atoms with Crippen LogP contribution < -0.4 is 15.4 Å². The average Bonchev–Trinajstić information content (AvgIpc) is 3.01. The van der Waals surface area contributed by atoms with Crippen LogP contribution in [0.3, 0.4) is 0 Å². The summed E-state index contributed by atoms with van der Waals surface area (Å²) < 4.78 is 5.33. The highest BCUT2D eigenvalue weighted by Gasteiger charge is 2.23. The molecule has 1 saturated heterocycles. The molecule has 3 heterocycles. The van der Waals surface area contributed by atoms with Gasteiger partial charge in [-0.1, -0.05) is 0 Å². The lowest BCUT2D eigenvalue weighted by molar-refractivity contribution is -0.159. The fraction of sp³-hybridized carbons (Fsp3) is 0.321. The van der Waals surface area contributed by atoms with Crippen LogP contribution in [0.5, 0.6) is 5.75 Å². The van der Waals surface area contributed by atoms with E-state index in [1.807, 2.05) is 24.3 Å². The zero-order chi connectivity index (χ0) is 32.6. The van der Waals surface area contributed by atoms with E-state index >= 15 is 0 Å². The van der Waals surface area contributed by atoms with Gasteiger partial charge < -0.3 is 45.8 Å². The Morgan fingerprint density at radius 2 is 1.50 bits per heavy atom. The summed E-state index contributed by atoms with van der Waals surface area (Å²) in [6, 6.07) is 11.4. The number of ether oxygens (including phenoxy) is 1. The molecule has 0 bridgehead atoms. The number of carbonyl (C=O) groups excluding carboxylic acids is 1. The molecule has 0 saturated carbocycles. The van der Waals surface area contributed by atoms with Crippen molar-refractivity contribution in [1.82, 2.24) is 20.2 Å². The zero-order valence-electron chi connectivity index (χ0n) is 23.6. The Morgan fingerprint density at radius 1 is 0.909 bits per heavy atom. The van der Waals surface area contributed by atoms with Gasteiger partial charge in [-0.3, -0.25) is 14.8 Å². The van der Waals surface area contributed by atoms with Crippen molar-refractivity contribution in [3.63, 3.8) is 0 Å². The van der Waals surface area contributed by atoms with Crippen LogP contribution in [0.4, 0.5) is 5.69 Å². The molecule has 1 atom stereocenters. The summed E-state index contributed by atoms with van der Waals surface area (Å²) in [5.41, 5.74) is 2.45. The van der Waals surface area contributed by atoms with Gasteiger partial charge in [-0.15, -0.1) is 0 Å². The number of hydrogen-bond donors (Lipinski definition) is 7. The minimum Gasteiger partial charge on any atom is -0.497 e. The maximum atomic E-state index is 12.1. The highest BCUT2D eigenvalue weighted by molar-refractivity contribution is 6.27. The molecule has 1 aromatic carbocycles. The van der Waals surface area contributed by atoms with E-state index in [-0.39, 0.29) is 18.5 Å². The van der Waals surface area contributed by atoms with Crippen LogP contribution in [0.1, 0.15) is 24.5 Å². The second kappa shape index (κ2) is 17.7. The fourth-order valence-electron chi connectivity index (χ4n) is 4.10. The standard InChI is InChI=1S/C24H29N5O3.2C2H2O4/c1-32-19-2-3-22-21(14-19)20(6-11-26-22)23(30)16-29-12-7-17(8-13-29)27-15-24(31)28-18-4-9-25-10-5-18;2*3-1(4)2(5)6/h2-6,9-11,14,17,23,27,30H,7-8,12-13,15-16H2,1H3,(H,25,28,31);2*(H,3,4)(H,5,6)/t23-;;/m0../s1. The van der Waals surface area contributed by atoms with Crippen molar-refractivity contribution in [2.45, 2.75) is 25.0 Å². The summed E-state index contributed by atoms with van der Waals surface area (Å²) >= 11 is 0. The molecule has 1 fully saturated rings. The van der Waals surface area contributed by atoms with Crippen molar-refractivity contribution in [2.75, 3.05) is 38.6 Å². The Bertz CT molecular complexity index is 1380. The van der Waals surface area contributed by atoms with E-state index in [1.54, 1.807) is 37.8 Å². The van der Waals surface area contributed by atoms with Gasteiger partial charge in [-0.05, 0) is 67.9 Å². The summed E-state index contributed by atoms with van der Waals surface area (Å²) in [6.45, 7) is 2.58. The van der Waals surface area contributed by atoms with E-state index < -0.39 is 30.0 Å². The maximum Gasteiger partial charge on any atom is 0.414 e. The van der Waals surface area contributed by atoms with Gasteiger partial charge in [0.15, 0.2) is 0 Å². The number of aromatic nitrogens is 2. The molecule has 1 amide bonds. The molecule has 1 aliphatic heterocycles. The number of anilines is 1. The third-order valence-electron chi connectivity index (χ3n) is 6.24. The van der Waals surface area contributed by atoms with Crippen molar-refractivity contribution < 1.29 is 54.2 Å². The summed E-state index contributed by atoms with van der Waals surface area (Å²) in [6.07, 6.45) is 6.29. The zero-order valence-corrected chi connectivity index (χ0v) is 23.6. The van der Waals surface area contributed by atoms with Crippen LogP contribution in [0.2, 0.25) is 0 Å². The molecule has 0 aliphatic carbocycles. The molecule has 16 heteroatoms. The molecule has 44 heavy (non-hydrogen) atoms. The molecule has 0 unspecified atom stereocenters. The van der Waals surface area contributed by atoms with Gasteiger partial charge in [0.25, 0.3) is 0 Å². The Labute approximate surface area is 250 Å². The molecule has 16 nitrogen and oxygen atoms in total. The number of aliphatic hydroxyl groups excluding tert-OH is 1. The lowest BCUT2D eigenvalue weighted by Gasteiger charge is -2.33. The Balaban J connectivity index is 0.000000477. The minimum atomic E-state index is -1.82. The number of methoxy groups -OCH3 is 1. The number of aliphatic hydroxyl groups is 1. The van der Waals surface area contributed by atoms with Crippen LogP contribution >= 0.6 is 0 Å². The predicted molar refractivity (Wildman–Crippen MR) is 154 cm³/mol. The first kappa shape index (κ1) is 35.0. The number of pyridine rings is 2. The minimum absolute atomic E-state index is 0.0611. The van der Waals surface area contributed by atoms with Crippen LogP contribution in [0.25, 0.3) is 10.9 Å². The van der Waals surface area contributed by atoms with E-state index in [1.165, 1.54) is 0 Å². The molecule has 2 aromatic heterocycles. The Kier molecular flexibility index (Phi) is 14.1. The molecule has 1 aliphatic rings. The number of β-amino-alcohol motifs (C(OH)–C–C–N with tert-alkyl or cyclic N) is 1. The van der Waals surface area contributed by atoms with Gasteiger partial charge >= 0.3 is 23.9 Å². The fourth-order valence-corrected chi connectivity index (χ4v) is 4.10. The number of carboxylic acids is 4. The van der Waals surface area contributed by atoms with E-state index in [4.69, 9.17) is 44.3 Å². The van der Waals surface area contributed by atoms with Crippen molar-refractivity contribution in [1.29, 1.82) is 0 Å². The second-order valence-electron chi connectivity index (χ2n) is 9.26. The van der Waals surface area contributed by atoms with Crippen LogP contribution in [-0.2, 0) is 24.0 Å². The molecule has 236 valence electrons. The van der Waals surface area contributed by atoms with Crippen molar-refractivity contribution in [3.05, 3.63) is 60.6 Å². The summed E-state index contributed by atoms with van der Waals surface area (Å²) in [5, 5.41) is 47.6. The highest BCUT2D eigenvalue weighted by atomic mass is 16.5. The Hall–Kier alpha value is -5.19. The van der Waals surface area contributed by atoms with Crippen molar-refractivity contribution in [2.24, 2.45) is 0 Å². The van der Waals surface area contributed by atoms with E-state index in [9.17, 15) is 9.90 Å². The van der Waals surface area contributed by atoms with Crippen LogP contribution in [0.15, 0.2) is 55.0 Å². The first-order chi connectivity index (χ1) is 20.9. The molecular formula is C28H33N5O11. The first-order valence-electron chi connectivity index (χ1n) is 13.1. The number of likely N-dealkylation sites (tertiary alicyclic amines) is 1. The van der Waals surface area contributed by atoms with Crippen molar-refractivity contribution >= 4 is 46.4 Å². The molecule has 4 rings (SSSR count). The van der Waals surface area contributed by atoms with E-state index in [2.05, 4.69) is 25.5 Å². The quantitative estimate of drug-likeness (QED) is 0.172. The maximum absolute atomic E-state index is 12.1. The lowest BCUT2D eigenvalue weighted by atomic mass is 10.0. The molecular weight excluding hydrogens is 582 g/mol. The van der Waals surface area contributed by atoms with E-state index in [0.29, 0.717) is 6.54 Å².